The van der Waals surface area contributed by atoms with Crippen molar-refractivity contribution in [1.29, 1.82) is 0 Å². The maximum absolute atomic E-state index is 5.97. The van der Waals surface area contributed by atoms with E-state index < -0.39 is 0 Å². The number of hydrogen-bond donors (Lipinski definition) is 1. The molecule has 0 saturated carbocycles. The third-order valence-corrected chi connectivity index (χ3v) is 4.17. The van der Waals surface area contributed by atoms with E-state index in [1.807, 2.05) is 19.1 Å². The summed E-state index contributed by atoms with van der Waals surface area (Å²) < 4.78 is 7.02. The topological polar surface area (TPSA) is 47.0 Å². The van der Waals surface area contributed by atoms with E-state index in [1.54, 1.807) is 7.11 Å². The summed E-state index contributed by atoms with van der Waals surface area (Å²) in [5.41, 5.74) is 1.62. The summed E-state index contributed by atoms with van der Waals surface area (Å²) in [5, 5.41) is 3.63. The fourth-order valence-corrected chi connectivity index (χ4v) is 2.85. The second-order valence-electron chi connectivity index (χ2n) is 3.73. The van der Waals surface area contributed by atoms with Gasteiger partial charge in [-0.25, -0.2) is 9.97 Å². The molecular formula is C12H10Br2ClN3O. The summed E-state index contributed by atoms with van der Waals surface area (Å²) in [6.07, 6.45) is 1.42. The lowest BCUT2D eigenvalue weighted by Crippen LogP contribution is -1.99. The summed E-state index contributed by atoms with van der Waals surface area (Å²) in [7, 11) is 1.62. The molecule has 1 N–H and O–H groups in total. The van der Waals surface area contributed by atoms with E-state index in [0.29, 0.717) is 11.0 Å². The highest BCUT2D eigenvalue weighted by molar-refractivity contribution is 9.11. The fraction of sp³-hybridized carbons (Fsp3) is 0.167. The molecule has 0 aliphatic carbocycles. The monoisotopic (exact) mass is 405 g/mol. The number of ether oxygens (including phenoxy) is 1. The number of rotatable bonds is 3. The summed E-state index contributed by atoms with van der Waals surface area (Å²) in [4.78, 5) is 8.10. The van der Waals surface area contributed by atoms with Crippen LogP contribution in [0.25, 0.3) is 0 Å². The molecular weight excluding hydrogens is 397 g/mol. The van der Waals surface area contributed by atoms with Crippen molar-refractivity contribution < 1.29 is 4.74 Å². The second kappa shape index (κ2) is 6.07. The summed E-state index contributed by atoms with van der Waals surface area (Å²) in [5.74, 6) is 1.38. The fourth-order valence-electron chi connectivity index (χ4n) is 1.46. The number of nitrogens with one attached hydrogen (secondary N) is 1. The van der Waals surface area contributed by atoms with Crippen LogP contribution in [0, 0.1) is 6.92 Å². The van der Waals surface area contributed by atoms with Crippen molar-refractivity contribution in [3.8, 4) is 5.75 Å². The normalized spacial score (nSPS) is 10.4. The molecule has 0 saturated heterocycles. The largest absolute Gasteiger partial charge is 0.495 e. The van der Waals surface area contributed by atoms with E-state index in [4.69, 9.17) is 16.3 Å². The zero-order valence-corrected chi connectivity index (χ0v) is 14.1. The molecule has 0 unspecified atom stereocenters. The van der Waals surface area contributed by atoms with Gasteiger partial charge in [-0.15, -0.1) is 0 Å². The SMILES string of the molecule is COc1cc(Nc2ncnc(Cl)c2C)c(Br)cc1Br. The van der Waals surface area contributed by atoms with Crippen LogP contribution in [0.5, 0.6) is 5.75 Å². The zero-order valence-electron chi connectivity index (χ0n) is 10.2. The Hall–Kier alpha value is -0.850. The van der Waals surface area contributed by atoms with Crippen LogP contribution < -0.4 is 10.1 Å². The van der Waals surface area contributed by atoms with Crippen molar-refractivity contribution >= 4 is 55.0 Å². The lowest BCUT2D eigenvalue weighted by molar-refractivity contribution is 0.412. The van der Waals surface area contributed by atoms with Crippen LogP contribution >= 0.6 is 43.5 Å². The van der Waals surface area contributed by atoms with E-state index in [-0.39, 0.29) is 0 Å². The predicted molar refractivity (Wildman–Crippen MR) is 83.5 cm³/mol. The van der Waals surface area contributed by atoms with E-state index in [2.05, 4.69) is 47.1 Å². The maximum Gasteiger partial charge on any atom is 0.138 e. The number of halogens is 3. The lowest BCUT2D eigenvalue weighted by atomic mass is 10.2. The minimum Gasteiger partial charge on any atom is -0.495 e. The Bertz CT molecular complexity index is 622. The van der Waals surface area contributed by atoms with Gasteiger partial charge in [-0.3, -0.25) is 0 Å². The Balaban J connectivity index is 2.41. The van der Waals surface area contributed by atoms with E-state index in [0.717, 1.165) is 25.9 Å². The predicted octanol–water partition coefficient (Wildman–Crippen LogP) is 4.72. The molecule has 2 rings (SSSR count). The van der Waals surface area contributed by atoms with Gasteiger partial charge in [0.1, 0.15) is 23.0 Å². The lowest BCUT2D eigenvalue weighted by Gasteiger charge is -2.13. The number of methoxy groups -OCH3 is 1. The number of benzene rings is 1. The van der Waals surface area contributed by atoms with Gasteiger partial charge >= 0.3 is 0 Å². The quantitative estimate of drug-likeness (QED) is 0.749. The van der Waals surface area contributed by atoms with Gasteiger partial charge in [0.15, 0.2) is 0 Å². The van der Waals surface area contributed by atoms with E-state index in [1.165, 1.54) is 6.33 Å². The molecule has 0 amide bonds. The number of aromatic nitrogens is 2. The molecule has 0 aliphatic heterocycles. The molecule has 0 radical (unpaired) electrons. The molecule has 1 aromatic carbocycles. The Morgan fingerprint density at radius 1 is 1.21 bits per heavy atom. The average Bonchev–Trinajstić information content (AvgIpc) is 2.38. The first-order chi connectivity index (χ1) is 9.02. The van der Waals surface area contributed by atoms with Crippen molar-refractivity contribution in [2.24, 2.45) is 0 Å². The molecule has 0 spiro atoms. The van der Waals surface area contributed by atoms with Crippen LogP contribution in [0.1, 0.15) is 5.56 Å². The van der Waals surface area contributed by atoms with Gasteiger partial charge in [0.2, 0.25) is 0 Å². The molecule has 1 aromatic heterocycles. The third-order valence-electron chi connectivity index (χ3n) is 2.52. The van der Waals surface area contributed by atoms with Gasteiger partial charge in [0.05, 0.1) is 17.3 Å². The highest BCUT2D eigenvalue weighted by Crippen LogP contribution is 2.36. The van der Waals surface area contributed by atoms with Crippen molar-refractivity contribution in [3.63, 3.8) is 0 Å². The minimum atomic E-state index is 0.428. The van der Waals surface area contributed by atoms with Crippen molar-refractivity contribution in [2.45, 2.75) is 6.92 Å². The van der Waals surface area contributed by atoms with Crippen LogP contribution in [0.15, 0.2) is 27.4 Å². The van der Waals surface area contributed by atoms with Crippen molar-refractivity contribution in [2.75, 3.05) is 12.4 Å². The first kappa shape index (κ1) is 14.6. The zero-order chi connectivity index (χ0) is 14.0. The molecule has 0 atom stereocenters. The Kier molecular flexibility index (Phi) is 4.65. The molecule has 1 heterocycles. The van der Waals surface area contributed by atoms with Crippen LogP contribution in [-0.4, -0.2) is 17.1 Å². The van der Waals surface area contributed by atoms with Crippen LogP contribution in [0.3, 0.4) is 0 Å². The Morgan fingerprint density at radius 3 is 2.63 bits per heavy atom. The van der Waals surface area contributed by atoms with Gasteiger partial charge in [-0.2, -0.15) is 0 Å². The van der Waals surface area contributed by atoms with Crippen molar-refractivity contribution in [1.82, 2.24) is 9.97 Å². The van der Waals surface area contributed by atoms with E-state index >= 15 is 0 Å². The highest BCUT2D eigenvalue weighted by Gasteiger charge is 2.10. The molecule has 7 heteroatoms. The highest BCUT2D eigenvalue weighted by atomic mass is 79.9. The summed E-state index contributed by atoms with van der Waals surface area (Å²) >= 11 is 12.9. The second-order valence-corrected chi connectivity index (χ2v) is 5.80. The minimum absolute atomic E-state index is 0.428. The molecule has 0 fully saturated rings. The molecule has 19 heavy (non-hydrogen) atoms. The third kappa shape index (κ3) is 3.19. The maximum atomic E-state index is 5.97. The van der Waals surface area contributed by atoms with Crippen LogP contribution in [0.4, 0.5) is 11.5 Å². The van der Waals surface area contributed by atoms with Crippen LogP contribution in [0.2, 0.25) is 5.15 Å². The van der Waals surface area contributed by atoms with E-state index in [9.17, 15) is 0 Å². The standard InChI is InChI=1S/C12H10Br2ClN3O/c1-6-11(15)16-5-17-12(6)18-9-4-10(19-2)8(14)3-7(9)13/h3-5H,1-2H3,(H,16,17,18). The first-order valence-corrected chi connectivity index (χ1v) is 7.26. The summed E-state index contributed by atoms with van der Waals surface area (Å²) in [6.45, 7) is 1.86. The van der Waals surface area contributed by atoms with Gasteiger partial charge in [-0.1, -0.05) is 11.6 Å². The van der Waals surface area contributed by atoms with Gasteiger partial charge in [0, 0.05) is 16.1 Å². The average molecular weight is 407 g/mol. The number of anilines is 2. The number of hydrogen-bond acceptors (Lipinski definition) is 4. The van der Waals surface area contributed by atoms with Crippen molar-refractivity contribution in [3.05, 3.63) is 38.1 Å². The molecule has 100 valence electrons. The molecule has 0 bridgehead atoms. The van der Waals surface area contributed by atoms with Gasteiger partial charge < -0.3 is 10.1 Å². The van der Waals surface area contributed by atoms with Crippen LogP contribution in [-0.2, 0) is 0 Å². The Labute approximate surface area is 132 Å². The van der Waals surface area contributed by atoms with Gasteiger partial charge in [0.25, 0.3) is 0 Å². The molecule has 4 nitrogen and oxygen atoms in total. The molecule has 0 aliphatic rings. The van der Waals surface area contributed by atoms with Gasteiger partial charge in [-0.05, 0) is 44.8 Å². The smallest absolute Gasteiger partial charge is 0.138 e. The summed E-state index contributed by atoms with van der Waals surface area (Å²) in [6, 6.07) is 3.77. The molecule has 2 aromatic rings. The number of nitrogens with zero attached hydrogens (tertiary/aromatic N) is 2. The Morgan fingerprint density at radius 2 is 1.95 bits per heavy atom. The first-order valence-electron chi connectivity index (χ1n) is 5.30.